The molecule has 2 fully saturated rings. The third-order valence-corrected chi connectivity index (χ3v) is 10.6. The summed E-state index contributed by atoms with van der Waals surface area (Å²) in [6.07, 6.45) is 11.1. The lowest BCUT2D eigenvalue weighted by Gasteiger charge is -2.42. The van der Waals surface area contributed by atoms with Crippen LogP contribution in [0.2, 0.25) is 0 Å². The van der Waals surface area contributed by atoms with Gasteiger partial charge in [-0.15, -0.1) is 13.2 Å². The summed E-state index contributed by atoms with van der Waals surface area (Å²) in [6, 6.07) is 6.84. The number of ether oxygens (including phenoxy) is 2. The Bertz CT molecular complexity index is 2030. The van der Waals surface area contributed by atoms with E-state index in [2.05, 4.69) is 15.7 Å². The molecule has 1 aromatic heterocycles. The van der Waals surface area contributed by atoms with Crippen molar-refractivity contribution in [3.8, 4) is 0 Å². The quantitative estimate of drug-likeness (QED) is 0.500. The summed E-state index contributed by atoms with van der Waals surface area (Å²) < 4.78 is 48.6. The van der Waals surface area contributed by atoms with Crippen LogP contribution >= 0.6 is 0 Å². The Labute approximate surface area is 280 Å². The molecule has 6 aliphatic rings. The minimum atomic E-state index is -4.77. The van der Waals surface area contributed by atoms with Gasteiger partial charge in [-0.1, -0.05) is 49.6 Å². The molecule has 254 valence electrons. The number of rotatable bonds is 4. The third-order valence-electron chi connectivity index (χ3n) is 10.6. The second kappa shape index (κ2) is 12.4. The van der Waals surface area contributed by atoms with Crippen molar-refractivity contribution in [3.63, 3.8) is 0 Å². The molecule has 1 saturated carbocycles. The Balaban J connectivity index is 1.31. The molecule has 4 heterocycles. The number of amides is 1. The van der Waals surface area contributed by atoms with E-state index in [1.807, 2.05) is 29.2 Å². The highest BCUT2D eigenvalue weighted by Crippen LogP contribution is 2.48. The molecule has 1 saturated heterocycles. The zero-order valence-electron chi connectivity index (χ0n) is 26.8. The first kappa shape index (κ1) is 31.6. The van der Waals surface area contributed by atoms with E-state index in [0.29, 0.717) is 49.2 Å². The number of alkyl halides is 3. The van der Waals surface area contributed by atoms with Gasteiger partial charge < -0.3 is 24.4 Å². The van der Waals surface area contributed by atoms with Gasteiger partial charge in [-0.25, -0.2) is 9.78 Å². The van der Waals surface area contributed by atoms with Crippen LogP contribution in [0.3, 0.4) is 0 Å². The molecule has 1 N–H and O–H groups in total. The number of pyridine rings is 1. The summed E-state index contributed by atoms with van der Waals surface area (Å²) in [6.45, 7) is 1.91. The van der Waals surface area contributed by atoms with Gasteiger partial charge >= 0.3 is 12.3 Å². The molecule has 49 heavy (non-hydrogen) atoms. The lowest BCUT2D eigenvalue weighted by atomic mass is 9.79. The van der Waals surface area contributed by atoms with Crippen molar-refractivity contribution in [2.75, 3.05) is 26.3 Å². The maximum absolute atomic E-state index is 14.5. The fraction of sp³-hybridized carbons (Fsp3) is 0.395. The number of halogens is 3. The van der Waals surface area contributed by atoms with Crippen LogP contribution in [0, 0.1) is 5.92 Å². The van der Waals surface area contributed by atoms with Gasteiger partial charge in [0.2, 0.25) is 5.91 Å². The van der Waals surface area contributed by atoms with Crippen LogP contribution in [-0.2, 0) is 25.5 Å². The number of fused-ring (bicyclic) bond motifs is 6. The monoisotopic (exact) mass is 671 g/mol. The van der Waals surface area contributed by atoms with E-state index in [1.165, 1.54) is 24.1 Å². The molecular formula is C38H36F3N3O5. The van der Waals surface area contributed by atoms with Crippen molar-refractivity contribution >= 4 is 34.0 Å². The van der Waals surface area contributed by atoms with Crippen molar-refractivity contribution in [1.82, 2.24) is 14.8 Å². The fourth-order valence-electron chi connectivity index (χ4n) is 8.43. The number of carboxylic acids is 1. The highest BCUT2D eigenvalue weighted by Gasteiger charge is 2.47. The average Bonchev–Trinajstić information content (AvgIpc) is 3.45. The van der Waals surface area contributed by atoms with Crippen LogP contribution in [0.5, 0.6) is 0 Å². The molecule has 3 aliphatic heterocycles. The summed E-state index contributed by atoms with van der Waals surface area (Å²) >= 11 is 0. The molecule has 0 radical (unpaired) electrons. The Morgan fingerprint density at radius 3 is 2.55 bits per heavy atom. The van der Waals surface area contributed by atoms with Crippen molar-refractivity contribution in [2.24, 2.45) is 5.92 Å². The number of allylic oxidation sites excluding steroid dienone is 4. The molecule has 1 amide bonds. The first-order chi connectivity index (χ1) is 23.7. The maximum atomic E-state index is 14.5. The smallest absolute Gasteiger partial charge is 0.478 e. The third kappa shape index (κ3) is 5.77. The highest BCUT2D eigenvalue weighted by molar-refractivity contribution is 5.94. The van der Waals surface area contributed by atoms with Gasteiger partial charge in [0.05, 0.1) is 35.7 Å². The largest absolute Gasteiger partial charge is 0.572 e. The van der Waals surface area contributed by atoms with Crippen molar-refractivity contribution in [1.29, 1.82) is 0 Å². The zero-order chi connectivity index (χ0) is 33.9. The predicted octanol–water partition coefficient (Wildman–Crippen LogP) is 4.80. The predicted molar refractivity (Wildman–Crippen MR) is 176 cm³/mol. The van der Waals surface area contributed by atoms with Gasteiger partial charge in [-0.05, 0) is 71.4 Å². The van der Waals surface area contributed by atoms with Crippen molar-refractivity contribution in [3.05, 3.63) is 99.3 Å². The SMILES string of the molecule is O=C(O)C1=CC2C(=C(C3CCCCC3)C3=c4ccc5nc(=C6C=CC=C(OC(F)(F)F)C6)ccc5c4CC(C(=O)N4CCOCC4)N32)C=C1. The first-order valence-electron chi connectivity index (χ1n) is 17.0. The Hall–Kier alpha value is -4.64. The van der Waals surface area contributed by atoms with Crippen LogP contribution in [0.25, 0.3) is 22.2 Å². The molecule has 11 heteroatoms. The molecule has 0 bridgehead atoms. The van der Waals surface area contributed by atoms with Crippen LogP contribution in [0.15, 0.2) is 83.2 Å². The van der Waals surface area contributed by atoms with Gasteiger partial charge in [-0.3, -0.25) is 4.79 Å². The number of benzene rings is 1. The number of hydrogen-bond acceptors (Lipinski definition) is 6. The average molecular weight is 672 g/mol. The minimum absolute atomic E-state index is 0.0102. The van der Waals surface area contributed by atoms with Gasteiger partial charge in [0, 0.05) is 42.2 Å². The number of aliphatic carboxylic acids is 1. The molecule has 0 spiro atoms. The number of carbonyl (C=O) groups excluding carboxylic acids is 1. The number of carboxylic acid groups (broad SMARTS) is 1. The van der Waals surface area contributed by atoms with E-state index in [9.17, 15) is 27.9 Å². The molecule has 8 rings (SSSR count). The number of aromatic nitrogens is 1. The van der Waals surface area contributed by atoms with E-state index >= 15 is 0 Å². The van der Waals surface area contributed by atoms with E-state index in [-0.39, 0.29) is 35.6 Å². The summed E-state index contributed by atoms with van der Waals surface area (Å²) in [5.74, 6) is -0.919. The zero-order valence-corrected chi connectivity index (χ0v) is 26.8. The lowest BCUT2D eigenvalue weighted by molar-refractivity contribution is -0.305. The maximum Gasteiger partial charge on any atom is 0.572 e. The number of carbonyl (C=O) groups is 2. The highest BCUT2D eigenvalue weighted by atomic mass is 19.4. The van der Waals surface area contributed by atoms with E-state index < -0.39 is 18.4 Å². The van der Waals surface area contributed by atoms with Crippen LogP contribution in [-0.4, -0.2) is 76.5 Å². The summed E-state index contributed by atoms with van der Waals surface area (Å²) in [4.78, 5) is 35.7. The van der Waals surface area contributed by atoms with E-state index in [0.717, 1.165) is 53.1 Å². The van der Waals surface area contributed by atoms with E-state index in [4.69, 9.17) is 9.72 Å². The van der Waals surface area contributed by atoms with E-state index in [1.54, 1.807) is 18.2 Å². The molecular weight excluding hydrogens is 635 g/mol. The second-order valence-corrected chi connectivity index (χ2v) is 13.4. The molecule has 1 aromatic carbocycles. The van der Waals surface area contributed by atoms with Crippen LogP contribution < -0.4 is 10.6 Å². The summed E-state index contributed by atoms with van der Waals surface area (Å²) in [5, 5.41) is 12.4. The standard InChI is InChI=1S/C38H36F3N3O5/c39-38(40,41)49-25-8-4-7-23(19-25)30-13-11-26-29-21-33(36(45)43-15-17-48-18-16-43)44-32-20-24(37(46)47)9-10-28(32)34(22-5-2-1-3-6-22)35(44)27(29)12-14-31(26)42-30/h4,7-14,20,22,32-33H,1-3,5-6,15-19,21H2,(H,46,47). The number of hydrogen-bond donors (Lipinski definition) is 1. The van der Waals surface area contributed by atoms with Gasteiger partial charge in [0.25, 0.3) is 0 Å². The Morgan fingerprint density at radius 2 is 1.80 bits per heavy atom. The first-order valence-corrected chi connectivity index (χ1v) is 17.0. The van der Waals surface area contributed by atoms with Gasteiger partial charge in [0.1, 0.15) is 11.8 Å². The topological polar surface area (TPSA) is 92.2 Å². The Kier molecular flexibility index (Phi) is 7.97. The van der Waals surface area contributed by atoms with Crippen LogP contribution in [0.1, 0.15) is 44.1 Å². The number of morpholine rings is 1. The fourth-order valence-corrected chi connectivity index (χ4v) is 8.43. The van der Waals surface area contributed by atoms with Crippen molar-refractivity contribution < 1.29 is 37.3 Å². The number of nitrogens with zero attached hydrogens (tertiary/aromatic N) is 3. The molecule has 2 atom stereocenters. The minimum Gasteiger partial charge on any atom is -0.478 e. The second-order valence-electron chi connectivity index (χ2n) is 13.4. The molecule has 2 unspecified atom stereocenters. The summed E-state index contributed by atoms with van der Waals surface area (Å²) in [7, 11) is 0. The molecule has 8 nitrogen and oxygen atoms in total. The van der Waals surface area contributed by atoms with Gasteiger partial charge in [0.15, 0.2) is 0 Å². The van der Waals surface area contributed by atoms with Crippen molar-refractivity contribution in [2.45, 2.75) is 63.4 Å². The molecule has 3 aliphatic carbocycles. The summed E-state index contributed by atoms with van der Waals surface area (Å²) in [5.41, 5.74) is 5.79. The van der Waals surface area contributed by atoms with Crippen LogP contribution in [0.4, 0.5) is 13.2 Å². The Morgan fingerprint density at radius 1 is 1.00 bits per heavy atom. The van der Waals surface area contributed by atoms with Gasteiger partial charge in [-0.2, -0.15) is 0 Å². The normalized spacial score (nSPS) is 25.2. The molecule has 2 aromatic rings. The lowest BCUT2D eigenvalue weighted by Crippen LogP contribution is -2.56.